The molecule has 0 aliphatic heterocycles. The van der Waals surface area contributed by atoms with Gasteiger partial charge in [-0.25, -0.2) is 0 Å². The van der Waals surface area contributed by atoms with Crippen molar-refractivity contribution < 1.29 is 0 Å². The molecular formula is C15H19N. The molecule has 16 heavy (non-hydrogen) atoms. The highest BCUT2D eigenvalue weighted by molar-refractivity contribution is 5.21. The average molecular weight is 213 g/mol. The van der Waals surface area contributed by atoms with Crippen LogP contribution < -0.4 is 0 Å². The van der Waals surface area contributed by atoms with Gasteiger partial charge in [0.25, 0.3) is 0 Å². The highest BCUT2D eigenvalue weighted by Gasteiger charge is 2.08. The summed E-state index contributed by atoms with van der Waals surface area (Å²) in [4.78, 5) is 0. The van der Waals surface area contributed by atoms with Crippen LogP contribution in [0.3, 0.4) is 0 Å². The Balaban J connectivity index is 2.45. The first-order chi connectivity index (χ1) is 7.76. The summed E-state index contributed by atoms with van der Waals surface area (Å²) in [5.41, 5.74) is 2.44. The zero-order valence-corrected chi connectivity index (χ0v) is 9.95. The lowest BCUT2D eigenvalue weighted by Crippen LogP contribution is -2.00. The van der Waals surface area contributed by atoms with Crippen LogP contribution in [0, 0.1) is 17.2 Å². The van der Waals surface area contributed by atoms with Gasteiger partial charge in [-0.1, -0.05) is 55.8 Å². The van der Waals surface area contributed by atoms with Gasteiger partial charge in [-0.15, -0.1) is 0 Å². The number of hydrogen-bond donors (Lipinski definition) is 0. The van der Waals surface area contributed by atoms with Crippen LogP contribution in [0.1, 0.15) is 31.7 Å². The Morgan fingerprint density at radius 2 is 2.06 bits per heavy atom. The molecule has 0 spiro atoms. The SMILES string of the molecule is C=C(Cc1ccccc1)CC(C#N)CCC. The van der Waals surface area contributed by atoms with Crippen LogP contribution in [0.5, 0.6) is 0 Å². The summed E-state index contributed by atoms with van der Waals surface area (Å²) in [6.07, 6.45) is 3.77. The molecule has 0 fully saturated rings. The molecule has 84 valence electrons. The molecule has 1 aromatic carbocycles. The fourth-order valence-electron chi connectivity index (χ4n) is 1.87. The van der Waals surface area contributed by atoms with Gasteiger partial charge in [0, 0.05) is 0 Å². The maximum atomic E-state index is 8.98. The highest BCUT2D eigenvalue weighted by atomic mass is 14.3. The van der Waals surface area contributed by atoms with E-state index in [0.717, 1.165) is 31.3 Å². The first kappa shape index (κ1) is 12.5. The van der Waals surface area contributed by atoms with Gasteiger partial charge < -0.3 is 0 Å². The van der Waals surface area contributed by atoms with Crippen LogP contribution >= 0.6 is 0 Å². The van der Waals surface area contributed by atoms with Gasteiger partial charge in [0.1, 0.15) is 0 Å². The molecular weight excluding hydrogens is 194 g/mol. The van der Waals surface area contributed by atoms with Gasteiger partial charge in [0.2, 0.25) is 0 Å². The van der Waals surface area contributed by atoms with Crippen molar-refractivity contribution in [2.75, 3.05) is 0 Å². The monoisotopic (exact) mass is 213 g/mol. The van der Waals surface area contributed by atoms with Crippen molar-refractivity contribution in [3.63, 3.8) is 0 Å². The van der Waals surface area contributed by atoms with Crippen molar-refractivity contribution in [2.45, 2.75) is 32.6 Å². The van der Waals surface area contributed by atoms with E-state index in [1.54, 1.807) is 0 Å². The Labute approximate surface area is 98.4 Å². The lowest BCUT2D eigenvalue weighted by atomic mass is 9.94. The van der Waals surface area contributed by atoms with Gasteiger partial charge in [-0.05, 0) is 24.8 Å². The third-order valence-electron chi connectivity index (χ3n) is 2.65. The van der Waals surface area contributed by atoms with E-state index >= 15 is 0 Å². The second-order valence-corrected chi connectivity index (χ2v) is 4.23. The topological polar surface area (TPSA) is 23.8 Å². The smallest absolute Gasteiger partial charge is 0.0659 e. The molecule has 0 amide bonds. The van der Waals surface area contributed by atoms with Crippen molar-refractivity contribution in [3.8, 4) is 6.07 Å². The predicted molar refractivity (Wildman–Crippen MR) is 67.9 cm³/mol. The zero-order chi connectivity index (χ0) is 11.8. The van der Waals surface area contributed by atoms with Crippen molar-refractivity contribution in [1.82, 2.24) is 0 Å². The van der Waals surface area contributed by atoms with Crippen molar-refractivity contribution in [3.05, 3.63) is 48.0 Å². The van der Waals surface area contributed by atoms with E-state index in [4.69, 9.17) is 5.26 Å². The Morgan fingerprint density at radius 3 is 2.62 bits per heavy atom. The van der Waals surface area contributed by atoms with E-state index in [1.807, 2.05) is 18.2 Å². The van der Waals surface area contributed by atoms with E-state index in [1.165, 1.54) is 5.56 Å². The molecule has 1 atom stereocenters. The maximum absolute atomic E-state index is 8.98. The Bertz CT molecular complexity index is 359. The van der Waals surface area contributed by atoms with Crippen molar-refractivity contribution in [1.29, 1.82) is 5.26 Å². The summed E-state index contributed by atoms with van der Waals surface area (Å²) >= 11 is 0. The minimum absolute atomic E-state index is 0.140. The van der Waals surface area contributed by atoms with Gasteiger partial charge in [-0.3, -0.25) is 0 Å². The third-order valence-corrected chi connectivity index (χ3v) is 2.65. The second kappa shape index (κ2) is 6.85. The fourth-order valence-corrected chi connectivity index (χ4v) is 1.87. The summed E-state index contributed by atoms with van der Waals surface area (Å²) in [7, 11) is 0. The fraction of sp³-hybridized carbons (Fsp3) is 0.400. The first-order valence-electron chi connectivity index (χ1n) is 5.86. The number of nitriles is 1. The summed E-state index contributed by atoms with van der Waals surface area (Å²) < 4.78 is 0. The van der Waals surface area contributed by atoms with Gasteiger partial charge in [0.05, 0.1) is 12.0 Å². The van der Waals surface area contributed by atoms with Crippen LogP contribution in [0.25, 0.3) is 0 Å². The lowest BCUT2D eigenvalue weighted by molar-refractivity contribution is 0.582. The molecule has 0 aromatic heterocycles. The molecule has 0 heterocycles. The third kappa shape index (κ3) is 4.31. The van der Waals surface area contributed by atoms with E-state index in [-0.39, 0.29) is 5.92 Å². The lowest BCUT2D eigenvalue weighted by Gasteiger charge is -2.10. The van der Waals surface area contributed by atoms with Crippen LogP contribution in [0.15, 0.2) is 42.5 Å². The molecule has 1 rings (SSSR count). The van der Waals surface area contributed by atoms with Gasteiger partial charge in [-0.2, -0.15) is 5.26 Å². The molecule has 1 aromatic rings. The molecule has 0 bridgehead atoms. The first-order valence-corrected chi connectivity index (χ1v) is 5.86. The number of allylic oxidation sites excluding steroid dienone is 1. The largest absolute Gasteiger partial charge is 0.198 e. The quantitative estimate of drug-likeness (QED) is 0.652. The molecule has 0 radical (unpaired) electrons. The maximum Gasteiger partial charge on any atom is 0.0659 e. The highest BCUT2D eigenvalue weighted by Crippen LogP contribution is 2.18. The second-order valence-electron chi connectivity index (χ2n) is 4.23. The van der Waals surface area contributed by atoms with E-state index in [2.05, 4.69) is 31.7 Å². The molecule has 0 aliphatic rings. The number of rotatable bonds is 6. The summed E-state index contributed by atoms with van der Waals surface area (Å²) in [5, 5.41) is 8.98. The molecule has 0 saturated carbocycles. The van der Waals surface area contributed by atoms with Crippen LogP contribution in [-0.2, 0) is 6.42 Å². The van der Waals surface area contributed by atoms with E-state index < -0.39 is 0 Å². The summed E-state index contributed by atoms with van der Waals surface area (Å²) in [6, 6.07) is 12.7. The molecule has 1 heteroatoms. The number of nitrogens with zero attached hydrogens (tertiary/aromatic N) is 1. The number of hydrogen-bond acceptors (Lipinski definition) is 1. The van der Waals surface area contributed by atoms with Crippen LogP contribution in [-0.4, -0.2) is 0 Å². The predicted octanol–water partition coefficient (Wildman–Crippen LogP) is 4.12. The normalized spacial score (nSPS) is 11.8. The van der Waals surface area contributed by atoms with Gasteiger partial charge >= 0.3 is 0 Å². The van der Waals surface area contributed by atoms with Crippen LogP contribution in [0.2, 0.25) is 0 Å². The summed E-state index contributed by atoms with van der Waals surface area (Å²) in [5.74, 6) is 0.140. The average Bonchev–Trinajstić information content (AvgIpc) is 2.29. The Hall–Kier alpha value is -1.55. The minimum atomic E-state index is 0.140. The molecule has 1 nitrogen and oxygen atoms in total. The molecule has 1 unspecified atom stereocenters. The minimum Gasteiger partial charge on any atom is -0.198 e. The summed E-state index contributed by atoms with van der Waals surface area (Å²) in [6.45, 7) is 6.18. The van der Waals surface area contributed by atoms with E-state index in [0.29, 0.717) is 0 Å². The Kier molecular flexibility index (Phi) is 5.36. The number of benzene rings is 1. The van der Waals surface area contributed by atoms with Crippen molar-refractivity contribution >= 4 is 0 Å². The van der Waals surface area contributed by atoms with Gasteiger partial charge in [0.15, 0.2) is 0 Å². The molecule has 0 aliphatic carbocycles. The molecule has 0 saturated heterocycles. The standard InChI is InChI=1S/C15H19N/c1-3-7-15(12-16)11-13(2)10-14-8-5-4-6-9-14/h4-6,8-9,15H,2-3,7,10-11H2,1H3. The van der Waals surface area contributed by atoms with E-state index in [9.17, 15) is 0 Å². The zero-order valence-electron chi connectivity index (χ0n) is 9.95. The molecule has 0 N–H and O–H groups in total. The van der Waals surface area contributed by atoms with Crippen molar-refractivity contribution in [2.24, 2.45) is 5.92 Å². The Morgan fingerprint density at radius 1 is 1.38 bits per heavy atom. The van der Waals surface area contributed by atoms with Crippen LogP contribution in [0.4, 0.5) is 0 Å².